The molecular formula is C15H16N4. The van der Waals surface area contributed by atoms with E-state index in [0.29, 0.717) is 0 Å². The zero-order valence-electron chi connectivity index (χ0n) is 11.3. The monoisotopic (exact) mass is 252 g/mol. The number of aryl methyl sites for hydroxylation is 1. The van der Waals surface area contributed by atoms with E-state index in [9.17, 15) is 0 Å². The first kappa shape index (κ1) is 11.7. The summed E-state index contributed by atoms with van der Waals surface area (Å²) in [6.45, 7) is 1.98. The maximum atomic E-state index is 5.93. The van der Waals surface area contributed by atoms with Gasteiger partial charge >= 0.3 is 0 Å². The molecule has 0 radical (unpaired) electrons. The predicted molar refractivity (Wildman–Crippen MR) is 80.5 cm³/mol. The molecule has 2 aromatic carbocycles. The zero-order valence-corrected chi connectivity index (χ0v) is 11.3. The van der Waals surface area contributed by atoms with E-state index < -0.39 is 0 Å². The fourth-order valence-corrected chi connectivity index (χ4v) is 2.21. The summed E-state index contributed by atoms with van der Waals surface area (Å²) in [4.78, 5) is 11.4. The Morgan fingerprint density at radius 1 is 1.00 bits per heavy atom. The summed E-state index contributed by atoms with van der Waals surface area (Å²) in [6.07, 6.45) is 0. The van der Waals surface area contributed by atoms with Gasteiger partial charge in [-0.2, -0.15) is 0 Å². The van der Waals surface area contributed by atoms with Crippen molar-refractivity contribution in [3.63, 3.8) is 0 Å². The molecule has 0 aliphatic heterocycles. The Morgan fingerprint density at radius 2 is 1.74 bits per heavy atom. The number of nitrogens with two attached hydrogens (primary N) is 1. The molecule has 4 heteroatoms. The van der Waals surface area contributed by atoms with Crippen molar-refractivity contribution in [1.29, 1.82) is 0 Å². The van der Waals surface area contributed by atoms with Gasteiger partial charge in [0.25, 0.3) is 0 Å². The van der Waals surface area contributed by atoms with Crippen molar-refractivity contribution in [3.05, 3.63) is 35.9 Å². The van der Waals surface area contributed by atoms with Crippen molar-refractivity contribution in [1.82, 2.24) is 9.97 Å². The molecule has 0 atom stereocenters. The summed E-state index contributed by atoms with van der Waals surface area (Å²) < 4.78 is 0. The number of nitrogen functional groups attached to an aromatic ring is 1. The molecule has 0 unspecified atom stereocenters. The topological polar surface area (TPSA) is 55.0 Å². The third-order valence-electron chi connectivity index (χ3n) is 3.31. The van der Waals surface area contributed by atoms with Crippen molar-refractivity contribution in [3.8, 4) is 0 Å². The lowest BCUT2D eigenvalue weighted by molar-refractivity contribution is 1.13. The molecule has 3 aromatic rings. The second-order valence-corrected chi connectivity index (χ2v) is 4.96. The zero-order chi connectivity index (χ0) is 13.6. The van der Waals surface area contributed by atoms with E-state index in [1.807, 2.05) is 56.3 Å². The van der Waals surface area contributed by atoms with Gasteiger partial charge in [0.15, 0.2) is 0 Å². The van der Waals surface area contributed by atoms with Gasteiger partial charge < -0.3 is 10.6 Å². The van der Waals surface area contributed by atoms with Crippen LogP contribution >= 0.6 is 0 Å². The Labute approximate surface area is 111 Å². The average molecular weight is 252 g/mol. The summed E-state index contributed by atoms with van der Waals surface area (Å²) >= 11 is 0. The van der Waals surface area contributed by atoms with Gasteiger partial charge in [0.05, 0.1) is 22.2 Å². The van der Waals surface area contributed by atoms with E-state index in [0.717, 1.165) is 39.0 Å². The molecule has 0 saturated carbocycles. The van der Waals surface area contributed by atoms with E-state index in [4.69, 9.17) is 10.7 Å². The normalized spacial score (nSPS) is 11.1. The Hall–Kier alpha value is -2.36. The molecule has 3 rings (SSSR count). The summed E-state index contributed by atoms with van der Waals surface area (Å²) in [5.41, 5.74) is 12.3. The van der Waals surface area contributed by atoms with Gasteiger partial charge in [-0.15, -0.1) is 0 Å². The van der Waals surface area contributed by atoms with Crippen LogP contribution in [-0.2, 0) is 0 Å². The SMILES string of the molecule is Cc1cc2nc3c(N(C)C)cccc3nc2cc1N. The number of anilines is 2. The molecular weight excluding hydrogens is 236 g/mol. The molecule has 0 aliphatic carbocycles. The number of benzene rings is 2. The van der Waals surface area contributed by atoms with Crippen molar-refractivity contribution in [2.75, 3.05) is 24.7 Å². The summed E-state index contributed by atoms with van der Waals surface area (Å²) in [7, 11) is 4.02. The van der Waals surface area contributed by atoms with Crippen molar-refractivity contribution in [2.24, 2.45) is 0 Å². The number of para-hydroxylation sites is 1. The lowest BCUT2D eigenvalue weighted by atomic mass is 10.1. The lowest BCUT2D eigenvalue weighted by Gasteiger charge is -2.14. The first-order valence-electron chi connectivity index (χ1n) is 6.20. The van der Waals surface area contributed by atoms with Crippen LogP contribution in [0.1, 0.15) is 5.56 Å². The Morgan fingerprint density at radius 3 is 2.47 bits per heavy atom. The average Bonchev–Trinajstić information content (AvgIpc) is 2.37. The minimum atomic E-state index is 0.755. The van der Waals surface area contributed by atoms with Crippen LogP contribution in [0.2, 0.25) is 0 Å². The van der Waals surface area contributed by atoms with E-state index in [1.165, 1.54) is 0 Å². The number of hydrogen-bond acceptors (Lipinski definition) is 4. The largest absolute Gasteiger partial charge is 0.398 e. The van der Waals surface area contributed by atoms with Crippen LogP contribution in [-0.4, -0.2) is 24.1 Å². The second-order valence-electron chi connectivity index (χ2n) is 4.96. The highest BCUT2D eigenvalue weighted by Crippen LogP contribution is 2.26. The molecule has 1 heterocycles. The van der Waals surface area contributed by atoms with Crippen LogP contribution in [0.5, 0.6) is 0 Å². The van der Waals surface area contributed by atoms with Gasteiger partial charge in [-0.05, 0) is 36.8 Å². The summed E-state index contributed by atoms with van der Waals surface area (Å²) in [5, 5.41) is 0. The first-order chi connectivity index (χ1) is 9.06. The molecule has 0 bridgehead atoms. The molecule has 0 saturated heterocycles. The van der Waals surface area contributed by atoms with Crippen LogP contribution in [0.25, 0.3) is 22.1 Å². The molecule has 4 nitrogen and oxygen atoms in total. The summed E-state index contributed by atoms with van der Waals surface area (Å²) in [5.74, 6) is 0. The molecule has 0 fully saturated rings. The Balaban J connectivity index is 2.42. The van der Waals surface area contributed by atoms with Gasteiger partial charge in [0.1, 0.15) is 5.52 Å². The lowest BCUT2D eigenvalue weighted by Crippen LogP contribution is -2.09. The maximum Gasteiger partial charge on any atom is 0.113 e. The van der Waals surface area contributed by atoms with Crippen molar-refractivity contribution >= 4 is 33.4 Å². The number of hydrogen-bond donors (Lipinski definition) is 1. The van der Waals surface area contributed by atoms with Crippen LogP contribution in [0.3, 0.4) is 0 Å². The second kappa shape index (κ2) is 4.09. The Kier molecular flexibility index (Phi) is 2.52. The van der Waals surface area contributed by atoms with Crippen LogP contribution in [0.4, 0.5) is 11.4 Å². The summed E-state index contributed by atoms with van der Waals surface area (Å²) in [6, 6.07) is 9.90. The van der Waals surface area contributed by atoms with Gasteiger partial charge in [-0.25, -0.2) is 9.97 Å². The molecule has 0 aliphatic rings. The molecule has 19 heavy (non-hydrogen) atoms. The Bertz CT molecular complexity index is 778. The van der Waals surface area contributed by atoms with Crippen molar-refractivity contribution in [2.45, 2.75) is 6.92 Å². The molecule has 2 N–H and O–H groups in total. The van der Waals surface area contributed by atoms with E-state index in [2.05, 4.69) is 4.98 Å². The van der Waals surface area contributed by atoms with Crippen LogP contribution in [0.15, 0.2) is 30.3 Å². The highest BCUT2D eigenvalue weighted by atomic mass is 15.1. The molecule has 96 valence electrons. The first-order valence-corrected chi connectivity index (χ1v) is 6.20. The minimum Gasteiger partial charge on any atom is -0.398 e. The fourth-order valence-electron chi connectivity index (χ4n) is 2.21. The van der Waals surface area contributed by atoms with Crippen molar-refractivity contribution < 1.29 is 0 Å². The van der Waals surface area contributed by atoms with E-state index in [1.54, 1.807) is 0 Å². The third kappa shape index (κ3) is 1.85. The number of nitrogens with zero attached hydrogens (tertiary/aromatic N) is 3. The molecule has 0 amide bonds. The van der Waals surface area contributed by atoms with Gasteiger partial charge in [0.2, 0.25) is 0 Å². The maximum absolute atomic E-state index is 5.93. The van der Waals surface area contributed by atoms with Gasteiger partial charge in [0, 0.05) is 19.8 Å². The van der Waals surface area contributed by atoms with Gasteiger partial charge in [-0.3, -0.25) is 0 Å². The van der Waals surface area contributed by atoms with E-state index >= 15 is 0 Å². The molecule has 1 aromatic heterocycles. The predicted octanol–water partition coefficient (Wildman–Crippen LogP) is 2.74. The highest BCUT2D eigenvalue weighted by molar-refractivity contribution is 5.94. The number of fused-ring (bicyclic) bond motifs is 2. The minimum absolute atomic E-state index is 0.755. The highest BCUT2D eigenvalue weighted by Gasteiger charge is 2.08. The third-order valence-corrected chi connectivity index (χ3v) is 3.31. The standard InChI is InChI=1S/C15H16N4/c1-9-7-12-13(8-10(9)16)17-11-5-4-6-14(19(2)3)15(11)18-12/h4-8H,16H2,1-3H3. The number of rotatable bonds is 1. The fraction of sp³-hybridized carbons (Fsp3) is 0.200. The van der Waals surface area contributed by atoms with Crippen LogP contribution in [0, 0.1) is 6.92 Å². The van der Waals surface area contributed by atoms with Crippen LogP contribution < -0.4 is 10.6 Å². The van der Waals surface area contributed by atoms with E-state index in [-0.39, 0.29) is 0 Å². The smallest absolute Gasteiger partial charge is 0.113 e. The quantitative estimate of drug-likeness (QED) is 0.534. The molecule has 0 spiro atoms. The number of aromatic nitrogens is 2. The van der Waals surface area contributed by atoms with Gasteiger partial charge in [-0.1, -0.05) is 6.07 Å².